The molecule has 0 saturated carbocycles. The molecule has 0 aromatic carbocycles. The van der Waals surface area contributed by atoms with Gasteiger partial charge in [-0.3, -0.25) is 0 Å². The maximum Gasteiger partial charge on any atom is 0.0815 e. The first-order chi connectivity index (χ1) is 4.74. The first-order valence-corrected chi connectivity index (χ1v) is 4.63. The maximum absolute atomic E-state index is 10.2. The smallest absolute Gasteiger partial charge is 0.0815 e. The summed E-state index contributed by atoms with van der Waals surface area (Å²) in [5.74, 6) is -1.09. The predicted octanol–water partition coefficient (Wildman–Crippen LogP) is 0.834. The van der Waals surface area contributed by atoms with E-state index >= 15 is 0 Å². The van der Waals surface area contributed by atoms with Crippen LogP contribution in [0.2, 0.25) is 0 Å². The Hall–Kier alpha value is -0.480. The number of carbonyl (C=O) groups excluding carboxylic acids is 1. The molecular formula is C6H5O2S2-. The summed E-state index contributed by atoms with van der Waals surface area (Å²) in [4.78, 5) is 10.5. The van der Waals surface area contributed by atoms with E-state index in [0.29, 0.717) is 4.88 Å². The third-order valence-corrected chi connectivity index (χ3v) is 3.13. The SMILES string of the molecule is CSc1ccc(C(=O)[O-])s1. The minimum Gasteiger partial charge on any atom is -0.544 e. The number of rotatable bonds is 2. The van der Waals surface area contributed by atoms with E-state index in [-0.39, 0.29) is 0 Å². The van der Waals surface area contributed by atoms with Crippen molar-refractivity contribution in [2.45, 2.75) is 4.21 Å². The van der Waals surface area contributed by atoms with Crippen LogP contribution in [0.5, 0.6) is 0 Å². The van der Waals surface area contributed by atoms with Gasteiger partial charge in [0.25, 0.3) is 0 Å². The Morgan fingerprint density at radius 3 is 2.70 bits per heavy atom. The second kappa shape index (κ2) is 3.07. The van der Waals surface area contributed by atoms with Crippen LogP contribution in [-0.2, 0) is 0 Å². The van der Waals surface area contributed by atoms with Crippen molar-refractivity contribution in [3.8, 4) is 0 Å². The van der Waals surface area contributed by atoms with Gasteiger partial charge in [-0.15, -0.1) is 23.1 Å². The van der Waals surface area contributed by atoms with Crippen molar-refractivity contribution < 1.29 is 9.90 Å². The van der Waals surface area contributed by atoms with Gasteiger partial charge in [0.05, 0.1) is 15.1 Å². The lowest BCUT2D eigenvalue weighted by atomic mass is 10.5. The Kier molecular flexibility index (Phi) is 2.34. The zero-order valence-electron chi connectivity index (χ0n) is 5.29. The molecule has 0 bridgehead atoms. The largest absolute Gasteiger partial charge is 0.544 e. The van der Waals surface area contributed by atoms with Crippen molar-refractivity contribution in [1.82, 2.24) is 0 Å². The molecule has 0 atom stereocenters. The van der Waals surface area contributed by atoms with Crippen LogP contribution in [0, 0.1) is 0 Å². The molecule has 1 rings (SSSR count). The van der Waals surface area contributed by atoms with E-state index in [2.05, 4.69) is 0 Å². The second-order valence-electron chi connectivity index (χ2n) is 1.61. The molecule has 1 aromatic heterocycles. The highest BCUT2D eigenvalue weighted by atomic mass is 32.2. The topological polar surface area (TPSA) is 40.1 Å². The van der Waals surface area contributed by atoms with E-state index in [4.69, 9.17) is 0 Å². The highest BCUT2D eigenvalue weighted by Crippen LogP contribution is 2.24. The first-order valence-electron chi connectivity index (χ1n) is 2.59. The van der Waals surface area contributed by atoms with Crippen molar-refractivity contribution in [1.29, 1.82) is 0 Å². The molecule has 0 fully saturated rings. The van der Waals surface area contributed by atoms with Crippen LogP contribution >= 0.6 is 23.1 Å². The Morgan fingerprint density at radius 1 is 1.70 bits per heavy atom. The molecule has 0 aliphatic heterocycles. The van der Waals surface area contributed by atoms with E-state index < -0.39 is 5.97 Å². The summed E-state index contributed by atoms with van der Waals surface area (Å²) in [5, 5.41) is 10.2. The number of carbonyl (C=O) groups is 1. The summed E-state index contributed by atoms with van der Waals surface area (Å²) in [6, 6.07) is 3.34. The molecule has 0 N–H and O–H groups in total. The molecule has 2 nitrogen and oxygen atoms in total. The molecular weight excluding hydrogens is 168 g/mol. The number of carboxylic acids is 1. The summed E-state index contributed by atoms with van der Waals surface area (Å²) < 4.78 is 0.999. The predicted molar refractivity (Wildman–Crippen MR) is 40.4 cm³/mol. The average molecular weight is 173 g/mol. The lowest BCUT2D eigenvalue weighted by molar-refractivity contribution is -0.254. The highest BCUT2D eigenvalue weighted by molar-refractivity contribution is 8.00. The monoisotopic (exact) mass is 173 g/mol. The molecule has 0 aliphatic carbocycles. The fourth-order valence-corrected chi connectivity index (χ4v) is 1.92. The molecule has 0 amide bonds. The van der Waals surface area contributed by atoms with Gasteiger partial charge in [-0.25, -0.2) is 0 Å². The van der Waals surface area contributed by atoms with Crippen LogP contribution in [0.1, 0.15) is 9.67 Å². The zero-order valence-corrected chi connectivity index (χ0v) is 6.92. The van der Waals surface area contributed by atoms with Gasteiger partial charge in [-0.1, -0.05) is 0 Å². The lowest BCUT2D eigenvalue weighted by Gasteiger charge is -1.92. The number of hydrogen-bond donors (Lipinski definition) is 0. The summed E-state index contributed by atoms with van der Waals surface area (Å²) >= 11 is 2.78. The molecule has 0 radical (unpaired) electrons. The van der Waals surface area contributed by atoms with Gasteiger partial charge in [0.2, 0.25) is 0 Å². The van der Waals surface area contributed by atoms with Gasteiger partial charge in [0.1, 0.15) is 0 Å². The Balaban J connectivity index is 2.88. The summed E-state index contributed by atoms with van der Waals surface area (Å²) in [6.07, 6.45) is 1.91. The zero-order chi connectivity index (χ0) is 7.56. The van der Waals surface area contributed by atoms with Crippen LogP contribution in [0.15, 0.2) is 16.3 Å². The molecule has 0 saturated heterocycles. The normalized spacial score (nSPS) is 9.70. The number of thioether (sulfide) groups is 1. The second-order valence-corrected chi connectivity index (χ2v) is 3.80. The van der Waals surface area contributed by atoms with E-state index in [0.717, 1.165) is 4.21 Å². The van der Waals surface area contributed by atoms with Crippen LogP contribution in [0.25, 0.3) is 0 Å². The van der Waals surface area contributed by atoms with Gasteiger partial charge in [0.15, 0.2) is 0 Å². The number of carboxylic acid groups (broad SMARTS) is 1. The van der Waals surface area contributed by atoms with E-state index in [1.165, 1.54) is 23.1 Å². The van der Waals surface area contributed by atoms with E-state index in [1.807, 2.05) is 6.26 Å². The average Bonchev–Trinajstić information content (AvgIpc) is 2.34. The number of hydrogen-bond acceptors (Lipinski definition) is 4. The summed E-state index contributed by atoms with van der Waals surface area (Å²) in [6.45, 7) is 0. The number of thiophene rings is 1. The Bertz CT molecular complexity index is 242. The lowest BCUT2D eigenvalue weighted by Crippen LogP contribution is -2.20. The fourth-order valence-electron chi connectivity index (χ4n) is 0.540. The summed E-state index contributed by atoms with van der Waals surface area (Å²) in [5.41, 5.74) is 0. The number of aromatic carboxylic acids is 1. The molecule has 0 spiro atoms. The molecule has 1 aromatic rings. The molecule has 54 valence electrons. The fraction of sp³-hybridized carbons (Fsp3) is 0.167. The van der Waals surface area contributed by atoms with Crippen LogP contribution in [0.4, 0.5) is 0 Å². The van der Waals surface area contributed by atoms with Crippen molar-refractivity contribution in [2.24, 2.45) is 0 Å². The molecule has 4 heteroatoms. The molecule has 1 heterocycles. The van der Waals surface area contributed by atoms with Gasteiger partial charge >= 0.3 is 0 Å². The van der Waals surface area contributed by atoms with Crippen LogP contribution in [0.3, 0.4) is 0 Å². The van der Waals surface area contributed by atoms with Crippen LogP contribution < -0.4 is 5.11 Å². The van der Waals surface area contributed by atoms with Crippen molar-refractivity contribution in [3.05, 3.63) is 17.0 Å². The van der Waals surface area contributed by atoms with Gasteiger partial charge < -0.3 is 9.90 Å². The third kappa shape index (κ3) is 1.52. The first kappa shape index (κ1) is 7.63. The van der Waals surface area contributed by atoms with Gasteiger partial charge in [0, 0.05) is 0 Å². The highest BCUT2D eigenvalue weighted by Gasteiger charge is 1.97. The molecule has 0 aliphatic rings. The Labute approximate surface area is 66.9 Å². The van der Waals surface area contributed by atoms with Crippen molar-refractivity contribution in [3.63, 3.8) is 0 Å². The Morgan fingerprint density at radius 2 is 2.40 bits per heavy atom. The van der Waals surface area contributed by atoms with Crippen molar-refractivity contribution in [2.75, 3.05) is 6.26 Å². The maximum atomic E-state index is 10.2. The van der Waals surface area contributed by atoms with Gasteiger partial charge in [-0.2, -0.15) is 0 Å². The van der Waals surface area contributed by atoms with Crippen LogP contribution in [-0.4, -0.2) is 12.2 Å². The minimum absolute atomic E-state index is 0.296. The van der Waals surface area contributed by atoms with E-state index in [1.54, 1.807) is 12.1 Å². The van der Waals surface area contributed by atoms with E-state index in [9.17, 15) is 9.90 Å². The van der Waals surface area contributed by atoms with Crippen molar-refractivity contribution >= 4 is 29.1 Å². The molecule has 10 heavy (non-hydrogen) atoms. The molecule has 0 unspecified atom stereocenters. The van der Waals surface area contributed by atoms with Gasteiger partial charge in [-0.05, 0) is 18.4 Å². The minimum atomic E-state index is -1.09. The summed E-state index contributed by atoms with van der Waals surface area (Å²) in [7, 11) is 0. The standard InChI is InChI=1S/C6H6O2S2/c1-9-5-3-2-4(10-5)6(7)8/h2-3H,1H3,(H,7,8)/p-1. The third-order valence-electron chi connectivity index (χ3n) is 0.984. The quantitative estimate of drug-likeness (QED) is 0.622.